The second-order valence-corrected chi connectivity index (χ2v) is 10.7. The SMILES string of the molecule is CCN(CC(O)C(Cc1ccccc1)NC(=O)c1cc(OC)cc(N2CCCC2=O)c1)C(=O)NC1CCCCC1. The van der Waals surface area contributed by atoms with Crippen molar-refractivity contribution in [3.8, 4) is 5.75 Å². The number of methoxy groups -OCH3 is 1. The van der Waals surface area contributed by atoms with Crippen LogP contribution < -0.4 is 20.3 Å². The largest absolute Gasteiger partial charge is 0.497 e. The molecule has 2 aliphatic rings. The van der Waals surface area contributed by atoms with Crippen LogP contribution in [0, 0.1) is 0 Å². The van der Waals surface area contributed by atoms with Crippen molar-refractivity contribution < 1.29 is 24.2 Å². The Morgan fingerprint density at radius 3 is 2.50 bits per heavy atom. The van der Waals surface area contributed by atoms with Crippen molar-refractivity contribution in [2.24, 2.45) is 0 Å². The first-order chi connectivity index (χ1) is 19.4. The topological polar surface area (TPSA) is 111 Å². The van der Waals surface area contributed by atoms with E-state index in [4.69, 9.17) is 4.74 Å². The average molecular weight is 551 g/mol. The van der Waals surface area contributed by atoms with E-state index in [1.54, 1.807) is 28.0 Å². The van der Waals surface area contributed by atoms with Gasteiger partial charge in [-0.2, -0.15) is 0 Å². The van der Waals surface area contributed by atoms with Crippen molar-refractivity contribution in [3.05, 3.63) is 59.7 Å². The molecular formula is C31H42N4O5. The van der Waals surface area contributed by atoms with Crippen LogP contribution in [0.1, 0.15) is 67.8 Å². The van der Waals surface area contributed by atoms with Crippen LogP contribution in [0.15, 0.2) is 48.5 Å². The zero-order chi connectivity index (χ0) is 28.5. The Hall–Kier alpha value is -3.59. The summed E-state index contributed by atoms with van der Waals surface area (Å²) in [5.74, 6) is 0.101. The third kappa shape index (κ3) is 7.75. The van der Waals surface area contributed by atoms with E-state index in [2.05, 4.69) is 10.6 Å². The summed E-state index contributed by atoms with van der Waals surface area (Å²) >= 11 is 0. The lowest BCUT2D eigenvalue weighted by Crippen LogP contribution is -2.53. The van der Waals surface area contributed by atoms with Gasteiger partial charge in [-0.1, -0.05) is 49.6 Å². The Kier molecular flexibility index (Phi) is 10.4. The molecule has 1 saturated heterocycles. The van der Waals surface area contributed by atoms with Gasteiger partial charge in [-0.3, -0.25) is 9.59 Å². The fraction of sp³-hybridized carbons (Fsp3) is 0.516. The lowest BCUT2D eigenvalue weighted by molar-refractivity contribution is -0.117. The fourth-order valence-corrected chi connectivity index (χ4v) is 5.53. The first kappa shape index (κ1) is 29.4. The van der Waals surface area contributed by atoms with Crippen LogP contribution in [0.2, 0.25) is 0 Å². The predicted molar refractivity (Wildman–Crippen MR) is 155 cm³/mol. The number of nitrogens with zero attached hydrogens (tertiary/aromatic N) is 2. The Morgan fingerprint density at radius 2 is 1.85 bits per heavy atom. The fourth-order valence-electron chi connectivity index (χ4n) is 5.53. The van der Waals surface area contributed by atoms with Gasteiger partial charge in [-0.25, -0.2) is 4.79 Å². The van der Waals surface area contributed by atoms with Crippen LogP contribution in [-0.4, -0.2) is 72.8 Å². The molecule has 1 aliphatic heterocycles. The maximum Gasteiger partial charge on any atom is 0.317 e. The quantitative estimate of drug-likeness (QED) is 0.393. The number of benzene rings is 2. The molecule has 3 N–H and O–H groups in total. The van der Waals surface area contributed by atoms with Crippen molar-refractivity contribution in [2.75, 3.05) is 31.6 Å². The van der Waals surface area contributed by atoms with Gasteiger partial charge in [0, 0.05) is 42.9 Å². The second kappa shape index (κ2) is 14.2. The normalized spacial score (nSPS) is 17.3. The number of rotatable bonds is 11. The third-order valence-electron chi connectivity index (χ3n) is 7.86. The van der Waals surface area contributed by atoms with Gasteiger partial charge in [-0.05, 0) is 50.3 Å². The highest BCUT2D eigenvalue weighted by atomic mass is 16.5. The van der Waals surface area contributed by atoms with E-state index in [1.165, 1.54) is 13.5 Å². The summed E-state index contributed by atoms with van der Waals surface area (Å²) in [4.78, 5) is 42.2. The van der Waals surface area contributed by atoms with Crippen LogP contribution in [-0.2, 0) is 11.2 Å². The molecule has 1 heterocycles. The van der Waals surface area contributed by atoms with Crippen molar-refractivity contribution in [1.82, 2.24) is 15.5 Å². The molecule has 0 aromatic heterocycles. The Morgan fingerprint density at radius 1 is 1.10 bits per heavy atom. The molecule has 216 valence electrons. The summed E-state index contributed by atoms with van der Waals surface area (Å²) in [6, 6.07) is 14.0. The highest BCUT2D eigenvalue weighted by Gasteiger charge is 2.28. The summed E-state index contributed by atoms with van der Waals surface area (Å²) < 4.78 is 5.43. The molecule has 0 spiro atoms. The lowest BCUT2D eigenvalue weighted by Gasteiger charge is -2.32. The van der Waals surface area contributed by atoms with E-state index in [-0.39, 0.29) is 30.4 Å². The molecule has 1 saturated carbocycles. The summed E-state index contributed by atoms with van der Waals surface area (Å²) in [6.07, 6.45) is 6.01. The van der Waals surface area contributed by atoms with Crippen molar-refractivity contribution in [3.63, 3.8) is 0 Å². The average Bonchev–Trinajstić information content (AvgIpc) is 3.41. The Labute approximate surface area is 236 Å². The minimum Gasteiger partial charge on any atom is -0.497 e. The zero-order valence-corrected chi connectivity index (χ0v) is 23.6. The number of amides is 4. The molecule has 2 fully saturated rings. The molecule has 2 unspecified atom stereocenters. The van der Waals surface area contributed by atoms with Crippen LogP contribution in [0.3, 0.4) is 0 Å². The molecule has 4 amide bonds. The number of aliphatic hydroxyl groups is 1. The lowest BCUT2D eigenvalue weighted by atomic mass is 9.96. The molecule has 2 atom stereocenters. The van der Waals surface area contributed by atoms with Crippen LogP contribution >= 0.6 is 0 Å². The van der Waals surface area contributed by atoms with Gasteiger partial charge in [0.15, 0.2) is 0 Å². The molecule has 4 rings (SSSR count). The van der Waals surface area contributed by atoms with E-state index < -0.39 is 12.1 Å². The van der Waals surface area contributed by atoms with Gasteiger partial charge >= 0.3 is 6.03 Å². The molecule has 2 aromatic rings. The van der Waals surface area contributed by atoms with Gasteiger partial charge in [0.05, 0.1) is 25.8 Å². The molecule has 0 bridgehead atoms. The van der Waals surface area contributed by atoms with Crippen LogP contribution in [0.4, 0.5) is 10.5 Å². The second-order valence-electron chi connectivity index (χ2n) is 10.7. The summed E-state index contributed by atoms with van der Waals surface area (Å²) in [5.41, 5.74) is 1.90. The van der Waals surface area contributed by atoms with Crippen LogP contribution in [0.5, 0.6) is 5.75 Å². The van der Waals surface area contributed by atoms with Crippen molar-refractivity contribution in [2.45, 2.75) is 76.5 Å². The number of urea groups is 1. The summed E-state index contributed by atoms with van der Waals surface area (Å²) in [6.45, 7) is 3.00. The van der Waals surface area contributed by atoms with Crippen molar-refractivity contribution >= 4 is 23.5 Å². The van der Waals surface area contributed by atoms with Gasteiger partial charge in [0.1, 0.15) is 5.75 Å². The highest BCUT2D eigenvalue weighted by molar-refractivity contribution is 5.99. The molecule has 9 nitrogen and oxygen atoms in total. The monoisotopic (exact) mass is 550 g/mol. The van der Waals surface area contributed by atoms with E-state index in [1.807, 2.05) is 37.3 Å². The summed E-state index contributed by atoms with van der Waals surface area (Å²) in [5, 5.41) is 17.5. The highest BCUT2D eigenvalue weighted by Crippen LogP contribution is 2.28. The Balaban J connectivity index is 1.51. The maximum absolute atomic E-state index is 13.5. The number of ether oxygens (including phenoxy) is 1. The number of carbonyl (C=O) groups is 3. The molecule has 9 heteroatoms. The molecular weight excluding hydrogens is 508 g/mol. The molecule has 2 aromatic carbocycles. The van der Waals surface area contributed by atoms with Crippen LogP contribution in [0.25, 0.3) is 0 Å². The van der Waals surface area contributed by atoms with Gasteiger partial charge in [-0.15, -0.1) is 0 Å². The standard InChI is InChI=1S/C31H42N4O5/c1-3-34(31(39)32-24-13-8-5-9-14-24)21-28(36)27(17-22-11-6-4-7-12-22)33-30(38)23-18-25(20-26(19-23)40-2)35-16-10-15-29(35)37/h4,6-7,11-12,18-20,24,27-28,36H,3,5,8-10,13-17,21H2,1-2H3,(H,32,39)(H,33,38). The third-order valence-corrected chi connectivity index (χ3v) is 7.86. The molecule has 0 radical (unpaired) electrons. The number of carbonyl (C=O) groups excluding carboxylic acids is 3. The number of likely N-dealkylation sites (N-methyl/N-ethyl adjacent to an activating group) is 1. The van der Waals surface area contributed by atoms with Crippen molar-refractivity contribution in [1.29, 1.82) is 0 Å². The first-order valence-corrected chi connectivity index (χ1v) is 14.5. The minimum atomic E-state index is -1.01. The molecule has 1 aliphatic carbocycles. The predicted octanol–water partition coefficient (Wildman–Crippen LogP) is 3.89. The van der Waals surface area contributed by atoms with Gasteiger partial charge < -0.3 is 30.3 Å². The van der Waals surface area contributed by atoms with E-state index in [0.717, 1.165) is 37.7 Å². The number of aliphatic hydroxyl groups excluding tert-OH is 1. The maximum atomic E-state index is 13.5. The van der Waals surface area contributed by atoms with E-state index >= 15 is 0 Å². The van der Waals surface area contributed by atoms with Gasteiger partial charge in [0.2, 0.25) is 5.91 Å². The number of anilines is 1. The van der Waals surface area contributed by atoms with E-state index in [9.17, 15) is 19.5 Å². The smallest absolute Gasteiger partial charge is 0.317 e. The Bertz CT molecular complexity index is 1150. The summed E-state index contributed by atoms with van der Waals surface area (Å²) in [7, 11) is 1.52. The van der Waals surface area contributed by atoms with Gasteiger partial charge in [0.25, 0.3) is 5.91 Å². The number of hydrogen-bond donors (Lipinski definition) is 3. The number of nitrogens with one attached hydrogen (secondary N) is 2. The zero-order valence-electron chi connectivity index (χ0n) is 23.6. The first-order valence-electron chi connectivity index (χ1n) is 14.5. The van der Waals surface area contributed by atoms with E-state index in [0.29, 0.717) is 42.9 Å². The number of hydrogen-bond acceptors (Lipinski definition) is 5. The molecule has 40 heavy (non-hydrogen) atoms. The minimum absolute atomic E-state index is 0.0168.